The van der Waals surface area contributed by atoms with Crippen LogP contribution in [-0.2, 0) is 9.53 Å². The van der Waals surface area contributed by atoms with Crippen LogP contribution in [0.4, 0.5) is 5.69 Å². The van der Waals surface area contributed by atoms with E-state index in [4.69, 9.17) is 4.74 Å². The fourth-order valence-corrected chi connectivity index (χ4v) is 2.63. The third kappa shape index (κ3) is 3.94. The molecule has 1 aromatic carbocycles. The van der Waals surface area contributed by atoms with Crippen molar-refractivity contribution in [2.75, 3.05) is 31.6 Å². The average molecular weight is 327 g/mol. The van der Waals surface area contributed by atoms with Gasteiger partial charge >= 0.3 is 0 Å². The molecule has 0 unspecified atom stereocenters. The second-order valence-corrected chi connectivity index (χ2v) is 5.75. The first-order valence-corrected chi connectivity index (χ1v) is 7.25. The van der Waals surface area contributed by atoms with Crippen molar-refractivity contribution in [1.29, 1.82) is 0 Å². The minimum absolute atomic E-state index is 0.123. The molecule has 0 saturated carbocycles. The molecule has 1 aliphatic rings. The maximum absolute atomic E-state index is 12.1. The monoisotopic (exact) mass is 326 g/mol. The Bertz CT molecular complexity index is 465. The molecule has 0 bridgehead atoms. The molecule has 5 heteroatoms. The van der Waals surface area contributed by atoms with Crippen molar-refractivity contribution in [2.24, 2.45) is 0 Å². The van der Waals surface area contributed by atoms with E-state index in [-0.39, 0.29) is 12.0 Å². The number of halogens is 1. The highest BCUT2D eigenvalue weighted by Gasteiger charge is 2.20. The third-order valence-corrected chi connectivity index (χ3v) is 3.71. The van der Waals surface area contributed by atoms with Crippen LogP contribution in [0.1, 0.15) is 12.5 Å². The summed E-state index contributed by atoms with van der Waals surface area (Å²) in [5.41, 5.74) is 2.12. The third-order valence-electron chi connectivity index (χ3n) is 3.21. The predicted molar refractivity (Wildman–Crippen MR) is 79.4 cm³/mol. The number of hydrogen-bond acceptors (Lipinski definition) is 3. The molecule has 104 valence electrons. The van der Waals surface area contributed by atoms with Gasteiger partial charge in [0.25, 0.3) is 0 Å². The van der Waals surface area contributed by atoms with Gasteiger partial charge in [0.15, 0.2) is 0 Å². The number of hydrogen-bond donors (Lipinski definition) is 1. The average Bonchev–Trinajstić information content (AvgIpc) is 2.37. The Morgan fingerprint density at radius 1 is 1.58 bits per heavy atom. The van der Waals surface area contributed by atoms with E-state index in [1.54, 1.807) is 0 Å². The molecule has 0 spiro atoms. The smallest absolute Gasteiger partial charge is 0.242 e. The van der Waals surface area contributed by atoms with Gasteiger partial charge in [-0.25, -0.2) is 0 Å². The highest BCUT2D eigenvalue weighted by Crippen LogP contribution is 2.19. The maximum Gasteiger partial charge on any atom is 0.242 e. The highest BCUT2D eigenvalue weighted by molar-refractivity contribution is 9.10. The zero-order chi connectivity index (χ0) is 13.8. The first-order valence-electron chi connectivity index (χ1n) is 6.45. The molecule has 0 aromatic heterocycles. The van der Waals surface area contributed by atoms with Gasteiger partial charge in [-0.2, -0.15) is 0 Å². The van der Waals surface area contributed by atoms with Crippen LogP contribution in [0, 0.1) is 6.92 Å². The Hall–Kier alpha value is -1.07. The molecule has 1 heterocycles. The van der Waals surface area contributed by atoms with Gasteiger partial charge in [-0.1, -0.05) is 15.9 Å². The fraction of sp³-hybridized carbons (Fsp3) is 0.500. The Morgan fingerprint density at radius 3 is 3.05 bits per heavy atom. The highest BCUT2D eigenvalue weighted by atomic mass is 79.9. The largest absolute Gasteiger partial charge is 0.376 e. The van der Waals surface area contributed by atoms with Crippen LogP contribution in [-0.4, -0.2) is 43.2 Å². The normalized spacial score (nSPS) is 19.3. The topological polar surface area (TPSA) is 41.6 Å². The lowest BCUT2D eigenvalue weighted by Crippen LogP contribution is -2.46. The summed E-state index contributed by atoms with van der Waals surface area (Å²) in [7, 11) is 0. The standard InChI is InChI=1S/C14H19BrN2O2/c1-10-7-12(15)3-4-13(10)16-8-14(18)17-5-6-19-11(2)9-17/h3-4,7,11,16H,5-6,8-9H2,1-2H3/t11-/m0/s1. The van der Waals surface area contributed by atoms with E-state index in [0.717, 1.165) is 15.7 Å². The lowest BCUT2D eigenvalue weighted by atomic mass is 10.2. The van der Waals surface area contributed by atoms with Crippen molar-refractivity contribution in [3.8, 4) is 0 Å². The Labute approximate surface area is 122 Å². The minimum atomic E-state index is 0.123. The number of benzene rings is 1. The lowest BCUT2D eigenvalue weighted by Gasteiger charge is -2.31. The molecular weight excluding hydrogens is 308 g/mol. The van der Waals surface area contributed by atoms with E-state index in [1.165, 1.54) is 0 Å². The van der Waals surface area contributed by atoms with Gasteiger partial charge in [0.1, 0.15) is 0 Å². The molecule has 19 heavy (non-hydrogen) atoms. The SMILES string of the molecule is Cc1cc(Br)ccc1NCC(=O)N1CCO[C@@H](C)C1. The molecule has 1 aromatic rings. The predicted octanol–water partition coefficient (Wildman–Crippen LogP) is 2.42. The lowest BCUT2D eigenvalue weighted by molar-refractivity contribution is -0.136. The number of morpholine rings is 1. The van der Waals surface area contributed by atoms with Crippen molar-refractivity contribution >= 4 is 27.5 Å². The van der Waals surface area contributed by atoms with Crippen molar-refractivity contribution in [2.45, 2.75) is 20.0 Å². The fourth-order valence-electron chi connectivity index (χ4n) is 2.15. The summed E-state index contributed by atoms with van der Waals surface area (Å²) < 4.78 is 6.48. The quantitative estimate of drug-likeness (QED) is 0.927. The molecule has 0 aliphatic carbocycles. The molecular formula is C14H19BrN2O2. The number of ether oxygens (including phenoxy) is 1. The summed E-state index contributed by atoms with van der Waals surface area (Å²) in [4.78, 5) is 14.0. The number of anilines is 1. The van der Waals surface area contributed by atoms with E-state index >= 15 is 0 Å². The van der Waals surface area contributed by atoms with Crippen LogP contribution < -0.4 is 5.32 Å². The van der Waals surface area contributed by atoms with Crippen LogP contribution in [0.25, 0.3) is 0 Å². The molecule has 1 fully saturated rings. The van der Waals surface area contributed by atoms with Crippen molar-refractivity contribution in [3.05, 3.63) is 28.2 Å². The van der Waals surface area contributed by atoms with Gasteiger partial charge in [-0.3, -0.25) is 4.79 Å². The van der Waals surface area contributed by atoms with E-state index in [2.05, 4.69) is 21.2 Å². The molecule has 1 atom stereocenters. The van der Waals surface area contributed by atoms with Crippen LogP contribution in [0.3, 0.4) is 0 Å². The van der Waals surface area contributed by atoms with E-state index in [0.29, 0.717) is 26.2 Å². The number of carbonyl (C=O) groups excluding carboxylic acids is 1. The molecule has 1 N–H and O–H groups in total. The summed E-state index contributed by atoms with van der Waals surface area (Å²) >= 11 is 3.43. The molecule has 4 nitrogen and oxygen atoms in total. The number of nitrogens with one attached hydrogen (secondary N) is 1. The second kappa shape index (κ2) is 6.39. The number of nitrogens with zero attached hydrogens (tertiary/aromatic N) is 1. The number of carbonyl (C=O) groups is 1. The zero-order valence-corrected chi connectivity index (χ0v) is 12.9. The van der Waals surface area contributed by atoms with Crippen molar-refractivity contribution in [1.82, 2.24) is 4.90 Å². The van der Waals surface area contributed by atoms with Crippen LogP contribution in [0.15, 0.2) is 22.7 Å². The Kier molecular flexibility index (Phi) is 4.82. The molecule has 1 aliphatic heterocycles. The summed E-state index contributed by atoms with van der Waals surface area (Å²) in [5.74, 6) is 0.123. The van der Waals surface area contributed by atoms with Gasteiger partial charge in [0, 0.05) is 23.2 Å². The van der Waals surface area contributed by atoms with E-state index < -0.39 is 0 Å². The van der Waals surface area contributed by atoms with Crippen molar-refractivity contribution < 1.29 is 9.53 Å². The van der Waals surface area contributed by atoms with E-state index in [9.17, 15) is 4.79 Å². The van der Waals surface area contributed by atoms with Gasteiger partial charge in [-0.05, 0) is 37.6 Å². The first kappa shape index (κ1) is 14.3. The molecule has 0 radical (unpaired) electrons. The van der Waals surface area contributed by atoms with Crippen LogP contribution >= 0.6 is 15.9 Å². The zero-order valence-electron chi connectivity index (χ0n) is 11.3. The summed E-state index contributed by atoms with van der Waals surface area (Å²) in [6, 6.07) is 5.98. The molecule has 1 saturated heterocycles. The number of aryl methyl sites for hydroxylation is 1. The van der Waals surface area contributed by atoms with Gasteiger partial charge in [0.05, 0.1) is 19.3 Å². The van der Waals surface area contributed by atoms with Crippen LogP contribution in [0.2, 0.25) is 0 Å². The molecule has 1 amide bonds. The minimum Gasteiger partial charge on any atom is -0.376 e. The van der Waals surface area contributed by atoms with Gasteiger partial charge < -0.3 is 15.0 Å². The number of amides is 1. The summed E-state index contributed by atoms with van der Waals surface area (Å²) in [6.07, 6.45) is 0.132. The van der Waals surface area contributed by atoms with Gasteiger partial charge in [-0.15, -0.1) is 0 Å². The molecule has 2 rings (SSSR count). The second-order valence-electron chi connectivity index (χ2n) is 4.83. The van der Waals surface area contributed by atoms with E-state index in [1.807, 2.05) is 36.9 Å². The summed E-state index contributed by atoms with van der Waals surface area (Å²) in [5, 5.41) is 3.20. The van der Waals surface area contributed by atoms with Crippen LogP contribution in [0.5, 0.6) is 0 Å². The first-order chi connectivity index (χ1) is 9.06. The maximum atomic E-state index is 12.1. The Balaban J connectivity index is 1.89. The van der Waals surface area contributed by atoms with Gasteiger partial charge in [0.2, 0.25) is 5.91 Å². The Morgan fingerprint density at radius 2 is 2.37 bits per heavy atom. The summed E-state index contributed by atoms with van der Waals surface area (Å²) in [6.45, 7) is 6.34. The van der Waals surface area contributed by atoms with Crippen molar-refractivity contribution in [3.63, 3.8) is 0 Å². The number of rotatable bonds is 3.